The Hall–Kier alpha value is 0. The van der Waals surface area contributed by atoms with E-state index in [1.54, 1.807) is 128 Å². The lowest BCUT2D eigenvalue weighted by molar-refractivity contribution is -0.139. The number of rotatable bonds is 2. The molecule has 9 aliphatic rings. The second kappa shape index (κ2) is 11.6. The van der Waals surface area contributed by atoms with Gasteiger partial charge >= 0.3 is 0 Å². The van der Waals surface area contributed by atoms with Gasteiger partial charge in [0.1, 0.15) is 0 Å². The Morgan fingerprint density at radius 1 is 0.477 bits per heavy atom. The maximum atomic E-state index is 2.82. The van der Waals surface area contributed by atoms with Crippen LogP contribution < -0.4 is 0 Å². The van der Waals surface area contributed by atoms with E-state index in [1.165, 1.54) is 6.42 Å². The third-order valence-electron chi connectivity index (χ3n) is 18.8. The van der Waals surface area contributed by atoms with Crippen LogP contribution in [-0.4, -0.2) is 0 Å². The van der Waals surface area contributed by atoms with Crippen LogP contribution in [0.1, 0.15) is 163 Å². The second-order valence-corrected chi connectivity index (χ2v) is 20.4. The first-order valence-electron chi connectivity index (χ1n) is 21.5. The van der Waals surface area contributed by atoms with Crippen LogP contribution >= 0.6 is 0 Å². The number of fused-ring (bicyclic) bond motifs is 13. The van der Waals surface area contributed by atoms with Crippen LogP contribution in [0.15, 0.2) is 0 Å². The summed E-state index contributed by atoms with van der Waals surface area (Å²) in [5.74, 6) is 19.5. The summed E-state index contributed by atoms with van der Waals surface area (Å²) >= 11 is 0. The molecular weight excluding hydrogens is 528 g/mol. The van der Waals surface area contributed by atoms with Crippen molar-refractivity contribution in [2.75, 3.05) is 0 Å². The molecule has 0 heteroatoms. The smallest absolute Gasteiger partial charge is 0.0197 e. The van der Waals surface area contributed by atoms with E-state index in [9.17, 15) is 0 Å². The molecule has 0 bridgehead atoms. The van der Waals surface area contributed by atoms with Gasteiger partial charge in [-0.1, -0.05) is 91.9 Å². The van der Waals surface area contributed by atoms with Crippen molar-refractivity contribution in [3.05, 3.63) is 0 Å². The van der Waals surface area contributed by atoms with Crippen LogP contribution in [0.4, 0.5) is 0 Å². The molecule has 9 saturated carbocycles. The van der Waals surface area contributed by atoms with Gasteiger partial charge in [-0.25, -0.2) is 0 Å². The summed E-state index contributed by atoms with van der Waals surface area (Å²) < 4.78 is 0. The van der Waals surface area contributed by atoms with E-state index in [0.717, 1.165) is 107 Å². The first-order chi connectivity index (χ1) is 21.5. The van der Waals surface area contributed by atoms with E-state index in [-0.39, 0.29) is 0 Å². The number of hydrogen-bond acceptors (Lipinski definition) is 0. The van der Waals surface area contributed by atoms with E-state index < -0.39 is 0 Å². The standard InChI is InChI=1S/C44H72/c1-26(2)36-23-39-41-38-24-37-31-15-9-8-12-29(31)18-19-33(37)34(38)20-21-40(41)44(43(39)35-17-11-10-16-32(35)36)25-27(3)22-28(4)42(44)30-13-6-5-7-14-30/h26-43H,5-25H2,1-4H3. The van der Waals surface area contributed by atoms with Crippen molar-refractivity contribution < 1.29 is 0 Å². The second-order valence-electron chi connectivity index (χ2n) is 20.4. The Morgan fingerprint density at radius 2 is 1.14 bits per heavy atom. The Balaban J connectivity index is 1.16. The molecule has 9 rings (SSSR count). The fraction of sp³-hybridized carbons (Fsp3) is 1.00. The van der Waals surface area contributed by atoms with Gasteiger partial charge in [-0.15, -0.1) is 0 Å². The highest BCUT2D eigenvalue weighted by atomic mass is 14.8. The van der Waals surface area contributed by atoms with Crippen molar-refractivity contribution in [1.82, 2.24) is 0 Å². The molecule has 1 spiro atoms. The van der Waals surface area contributed by atoms with Crippen LogP contribution in [0.3, 0.4) is 0 Å². The Bertz CT molecular complexity index is 1020. The zero-order valence-corrected chi connectivity index (χ0v) is 29.7. The summed E-state index contributed by atoms with van der Waals surface area (Å²) in [6, 6.07) is 0. The molecule has 0 heterocycles. The van der Waals surface area contributed by atoms with Gasteiger partial charge in [0, 0.05) is 0 Å². The molecule has 248 valence electrons. The van der Waals surface area contributed by atoms with Gasteiger partial charge in [-0.2, -0.15) is 0 Å². The molecular formula is C44H72. The van der Waals surface area contributed by atoms with E-state index in [4.69, 9.17) is 0 Å². The molecule has 0 nitrogen and oxygen atoms in total. The molecule has 17 unspecified atom stereocenters. The van der Waals surface area contributed by atoms with E-state index in [0.29, 0.717) is 5.41 Å². The summed E-state index contributed by atoms with van der Waals surface area (Å²) in [5.41, 5.74) is 0.711. The minimum atomic E-state index is 0.711. The van der Waals surface area contributed by atoms with E-state index in [1.807, 2.05) is 0 Å². The average Bonchev–Trinajstić information content (AvgIpc) is 3.55. The molecule has 0 aromatic carbocycles. The molecule has 0 saturated heterocycles. The molecule has 17 atom stereocenters. The highest BCUT2D eigenvalue weighted by Gasteiger charge is 2.72. The lowest BCUT2D eigenvalue weighted by atomic mass is 9.43. The topological polar surface area (TPSA) is 0 Å². The summed E-state index contributed by atoms with van der Waals surface area (Å²) in [6.07, 6.45) is 33.7. The van der Waals surface area contributed by atoms with Gasteiger partial charge in [-0.3, -0.25) is 0 Å². The predicted octanol–water partition coefficient (Wildman–Crippen LogP) is 12.5. The fourth-order valence-corrected chi connectivity index (χ4v) is 18.4. The van der Waals surface area contributed by atoms with Gasteiger partial charge in [0.15, 0.2) is 0 Å². The van der Waals surface area contributed by atoms with Crippen molar-refractivity contribution in [2.45, 2.75) is 163 Å². The van der Waals surface area contributed by atoms with Gasteiger partial charge < -0.3 is 0 Å². The lowest BCUT2D eigenvalue weighted by Gasteiger charge is -2.62. The summed E-state index contributed by atoms with van der Waals surface area (Å²) in [5, 5.41) is 0. The quantitative estimate of drug-likeness (QED) is 0.296. The predicted molar refractivity (Wildman–Crippen MR) is 185 cm³/mol. The molecule has 0 amide bonds. The van der Waals surface area contributed by atoms with Gasteiger partial charge in [0.2, 0.25) is 0 Å². The van der Waals surface area contributed by atoms with Crippen LogP contribution in [0.2, 0.25) is 0 Å². The minimum absolute atomic E-state index is 0.711. The first kappa shape index (κ1) is 30.1. The van der Waals surface area contributed by atoms with Crippen LogP contribution in [0.25, 0.3) is 0 Å². The molecule has 9 aliphatic carbocycles. The largest absolute Gasteiger partial charge is 0.0625 e. The van der Waals surface area contributed by atoms with Crippen LogP contribution in [-0.2, 0) is 0 Å². The van der Waals surface area contributed by atoms with Gasteiger partial charge in [-0.05, 0) is 183 Å². The Morgan fingerprint density at radius 3 is 1.93 bits per heavy atom. The average molecular weight is 601 g/mol. The molecule has 0 N–H and O–H groups in total. The monoisotopic (exact) mass is 601 g/mol. The highest BCUT2D eigenvalue weighted by molar-refractivity contribution is 5.20. The molecule has 44 heavy (non-hydrogen) atoms. The maximum absolute atomic E-state index is 2.82. The highest BCUT2D eigenvalue weighted by Crippen LogP contribution is 2.78. The zero-order chi connectivity index (χ0) is 29.7. The Labute approximate surface area is 273 Å². The summed E-state index contributed by atoms with van der Waals surface area (Å²) in [4.78, 5) is 0. The van der Waals surface area contributed by atoms with Crippen molar-refractivity contribution in [3.8, 4) is 0 Å². The molecule has 0 aromatic heterocycles. The normalized spacial score (nSPS) is 57.2. The number of hydrogen-bond donors (Lipinski definition) is 0. The zero-order valence-electron chi connectivity index (χ0n) is 29.7. The summed E-state index contributed by atoms with van der Waals surface area (Å²) in [6.45, 7) is 10.9. The van der Waals surface area contributed by atoms with Crippen molar-refractivity contribution in [3.63, 3.8) is 0 Å². The van der Waals surface area contributed by atoms with Crippen molar-refractivity contribution >= 4 is 0 Å². The molecule has 9 fully saturated rings. The fourth-order valence-electron chi connectivity index (χ4n) is 18.4. The van der Waals surface area contributed by atoms with Crippen molar-refractivity contribution in [2.24, 2.45) is 112 Å². The van der Waals surface area contributed by atoms with E-state index >= 15 is 0 Å². The maximum Gasteiger partial charge on any atom is -0.0197 e. The van der Waals surface area contributed by atoms with Crippen LogP contribution in [0.5, 0.6) is 0 Å². The third kappa shape index (κ3) is 4.38. The Kier molecular flexibility index (Phi) is 7.91. The third-order valence-corrected chi connectivity index (χ3v) is 18.8. The molecule has 0 radical (unpaired) electrons. The molecule has 0 aromatic rings. The summed E-state index contributed by atoms with van der Waals surface area (Å²) in [7, 11) is 0. The molecule has 0 aliphatic heterocycles. The van der Waals surface area contributed by atoms with Crippen LogP contribution in [0, 0.1) is 112 Å². The van der Waals surface area contributed by atoms with Gasteiger partial charge in [0.25, 0.3) is 0 Å². The van der Waals surface area contributed by atoms with E-state index in [2.05, 4.69) is 27.7 Å². The van der Waals surface area contributed by atoms with Crippen molar-refractivity contribution in [1.29, 1.82) is 0 Å². The minimum Gasteiger partial charge on any atom is -0.0625 e. The van der Waals surface area contributed by atoms with Gasteiger partial charge in [0.05, 0.1) is 0 Å². The SMILES string of the molecule is CC1CC(C)C(C2CCCCC2)C2(C1)C1CCC3C4CCC5CCCCC5C4CC3C1C1CC(C(C)C)C3CCCCC3C12. The first-order valence-corrected chi connectivity index (χ1v) is 21.5. The lowest BCUT2D eigenvalue weighted by Crippen LogP contribution is -2.56.